The number of alkyl halides is 1. The van der Waals surface area contributed by atoms with Gasteiger partial charge in [-0.05, 0) is 24.6 Å². The van der Waals surface area contributed by atoms with E-state index in [2.05, 4.69) is 21.2 Å². The van der Waals surface area contributed by atoms with E-state index in [4.69, 9.17) is 9.84 Å². The van der Waals surface area contributed by atoms with Crippen LogP contribution in [0.5, 0.6) is 11.5 Å². The molecular weight excluding hydrogens is 302 g/mol. The molecule has 0 heterocycles. The number of hydrogen-bond donors (Lipinski definition) is 3. The van der Waals surface area contributed by atoms with Crippen molar-refractivity contribution in [2.24, 2.45) is 0 Å². The minimum absolute atomic E-state index is 0.0478. The predicted molar refractivity (Wildman–Crippen MR) is 71.3 cm³/mol. The third kappa shape index (κ3) is 4.19. The van der Waals surface area contributed by atoms with Crippen molar-refractivity contribution in [2.45, 2.75) is 12.5 Å². The number of ether oxygens (including phenoxy) is 1. The zero-order chi connectivity index (χ0) is 13.5. The van der Waals surface area contributed by atoms with E-state index < -0.39 is 0 Å². The van der Waals surface area contributed by atoms with Crippen molar-refractivity contribution >= 4 is 21.8 Å². The Morgan fingerprint density at radius 2 is 2.17 bits per heavy atom. The molecule has 0 aliphatic heterocycles. The minimum Gasteiger partial charge on any atom is -0.504 e. The zero-order valence-corrected chi connectivity index (χ0v) is 11.6. The Kier molecular flexibility index (Phi) is 5.94. The Bertz CT molecular complexity index is 411. The van der Waals surface area contributed by atoms with Gasteiger partial charge >= 0.3 is 0 Å². The van der Waals surface area contributed by atoms with Gasteiger partial charge in [-0.1, -0.05) is 15.9 Å². The van der Waals surface area contributed by atoms with Crippen LogP contribution in [0.4, 0.5) is 0 Å². The summed E-state index contributed by atoms with van der Waals surface area (Å²) in [5.41, 5.74) is 0.300. The molecule has 0 saturated carbocycles. The lowest BCUT2D eigenvalue weighted by atomic mass is 10.1. The second-order valence-electron chi connectivity index (χ2n) is 3.81. The highest BCUT2D eigenvalue weighted by Gasteiger charge is 2.13. The van der Waals surface area contributed by atoms with Crippen LogP contribution in [0.2, 0.25) is 0 Å². The smallest absolute Gasteiger partial charge is 0.251 e. The van der Waals surface area contributed by atoms with Gasteiger partial charge in [-0.3, -0.25) is 4.79 Å². The van der Waals surface area contributed by atoms with Crippen LogP contribution in [0, 0.1) is 0 Å². The molecule has 0 radical (unpaired) electrons. The zero-order valence-electron chi connectivity index (χ0n) is 10.0. The van der Waals surface area contributed by atoms with Crippen LogP contribution < -0.4 is 5.32 Å². The van der Waals surface area contributed by atoms with E-state index in [1.807, 2.05) is 0 Å². The normalized spacial score (nSPS) is 12.1. The standard InChI is InChI=1S/C12H16BrNO4/c1-18-5-4-9(7-13)14-12(17)8-2-3-10(15)11(16)6-8/h2-3,6,9,15-16H,4-5,7H2,1H3,(H,14,17). The molecule has 1 aromatic rings. The Morgan fingerprint density at radius 3 is 2.72 bits per heavy atom. The van der Waals surface area contributed by atoms with Gasteiger partial charge in [0.2, 0.25) is 0 Å². The first-order chi connectivity index (χ1) is 8.58. The van der Waals surface area contributed by atoms with Crippen LogP contribution in [0.1, 0.15) is 16.8 Å². The minimum atomic E-state index is -0.310. The van der Waals surface area contributed by atoms with E-state index >= 15 is 0 Å². The number of carbonyl (C=O) groups excluding carboxylic acids is 1. The van der Waals surface area contributed by atoms with Crippen molar-refractivity contribution in [2.75, 3.05) is 19.0 Å². The van der Waals surface area contributed by atoms with Crippen molar-refractivity contribution in [3.63, 3.8) is 0 Å². The van der Waals surface area contributed by atoms with Gasteiger partial charge in [0.25, 0.3) is 5.91 Å². The molecule has 0 aliphatic rings. The number of halogens is 1. The lowest BCUT2D eigenvalue weighted by Crippen LogP contribution is -2.36. The van der Waals surface area contributed by atoms with Crippen LogP contribution in [0.25, 0.3) is 0 Å². The first kappa shape index (κ1) is 14.8. The van der Waals surface area contributed by atoms with Gasteiger partial charge in [0.1, 0.15) is 0 Å². The molecule has 3 N–H and O–H groups in total. The summed E-state index contributed by atoms with van der Waals surface area (Å²) in [5, 5.41) is 21.9. The summed E-state index contributed by atoms with van der Waals surface area (Å²) in [5.74, 6) is -0.858. The van der Waals surface area contributed by atoms with Gasteiger partial charge in [-0.25, -0.2) is 0 Å². The highest BCUT2D eigenvalue weighted by Crippen LogP contribution is 2.24. The summed E-state index contributed by atoms with van der Waals surface area (Å²) in [6, 6.07) is 3.91. The number of nitrogens with one attached hydrogen (secondary N) is 1. The summed E-state index contributed by atoms with van der Waals surface area (Å²) in [4.78, 5) is 11.9. The second-order valence-corrected chi connectivity index (χ2v) is 4.46. The van der Waals surface area contributed by atoms with Crippen molar-refractivity contribution in [1.29, 1.82) is 0 Å². The number of benzene rings is 1. The molecule has 1 rings (SSSR count). The third-order valence-electron chi connectivity index (χ3n) is 2.43. The van der Waals surface area contributed by atoms with Gasteiger partial charge < -0.3 is 20.3 Å². The fourth-order valence-corrected chi connectivity index (χ4v) is 1.87. The average molecular weight is 318 g/mol. The van der Waals surface area contributed by atoms with Gasteiger partial charge in [0.15, 0.2) is 11.5 Å². The largest absolute Gasteiger partial charge is 0.504 e. The summed E-state index contributed by atoms with van der Waals surface area (Å²) in [6.45, 7) is 0.553. The highest BCUT2D eigenvalue weighted by atomic mass is 79.9. The summed E-state index contributed by atoms with van der Waals surface area (Å²) in [7, 11) is 1.60. The number of phenolic OH excluding ortho intramolecular Hbond substituents is 2. The summed E-state index contributed by atoms with van der Waals surface area (Å²) >= 11 is 3.31. The Labute approximate surface area is 114 Å². The van der Waals surface area contributed by atoms with Gasteiger partial charge in [-0.2, -0.15) is 0 Å². The quantitative estimate of drug-likeness (QED) is 0.550. The first-order valence-electron chi connectivity index (χ1n) is 5.46. The molecule has 18 heavy (non-hydrogen) atoms. The van der Waals surface area contributed by atoms with Gasteiger partial charge in [-0.15, -0.1) is 0 Å². The highest BCUT2D eigenvalue weighted by molar-refractivity contribution is 9.09. The van der Waals surface area contributed by atoms with E-state index in [1.165, 1.54) is 18.2 Å². The van der Waals surface area contributed by atoms with Crippen molar-refractivity contribution in [3.05, 3.63) is 23.8 Å². The molecule has 0 fully saturated rings. The Balaban J connectivity index is 2.65. The SMILES string of the molecule is COCCC(CBr)NC(=O)c1ccc(O)c(O)c1. The molecule has 0 aromatic heterocycles. The van der Waals surface area contributed by atoms with E-state index in [0.717, 1.165) is 0 Å². The number of phenols is 2. The fraction of sp³-hybridized carbons (Fsp3) is 0.417. The molecule has 0 spiro atoms. The predicted octanol–water partition coefficient (Wildman–Crippen LogP) is 1.63. The maximum Gasteiger partial charge on any atom is 0.251 e. The van der Waals surface area contributed by atoms with Crippen LogP contribution >= 0.6 is 15.9 Å². The van der Waals surface area contributed by atoms with Crippen LogP contribution in [0.15, 0.2) is 18.2 Å². The maximum atomic E-state index is 11.9. The van der Waals surface area contributed by atoms with Gasteiger partial charge in [0.05, 0.1) is 0 Å². The molecular formula is C12H16BrNO4. The Morgan fingerprint density at radius 1 is 1.44 bits per heavy atom. The number of hydrogen-bond acceptors (Lipinski definition) is 4. The molecule has 6 heteroatoms. The van der Waals surface area contributed by atoms with Crippen LogP contribution in [-0.4, -0.2) is 41.2 Å². The second kappa shape index (κ2) is 7.23. The topological polar surface area (TPSA) is 78.8 Å². The molecule has 1 atom stereocenters. The fourth-order valence-electron chi connectivity index (χ4n) is 1.38. The van der Waals surface area contributed by atoms with Crippen LogP contribution in [0.3, 0.4) is 0 Å². The first-order valence-corrected chi connectivity index (χ1v) is 6.58. The number of rotatable bonds is 6. The van der Waals surface area contributed by atoms with E-state index in [0.29, 0.717) is 23.9 Å². The Hall–Kier alpha value is -1.27. The third-order valence-corrected chi connectivity index (χ3v) is 3.21. The maximum absolute atomic E-state index is 11.9. The van der Waals surface area contributed by atoms with Crippen molar-refractivity contribution < 1.29 is 19.7 Å². The summed E-state index contributed by atoms with van der Waals surface area (Å²) in [6.07, 6.45) is 0.692. The van der Waals surface area contributed by atoms with Crippen LogP contribution in [-0.2, 0) is 4.74 Å². The summed E-state index contributed by atoms with van der Waals surface area (Å²) < 4.78 is 4.95. The molecule has 1 unspecified atom stereocenters. The molecule has 1 aromatic carbocycles. The molecule has 100 valence electrons. The van der Waals surface area contributed by atoms with E-state index in [1.54, 1.807) is 7.11 Å². The van der Waals surface area contributed by atoms with Gasteiger partial charge in [0, 0.05) is 30.7 Å². The number of aromatic hydroxyl groups is 2. The molecule has 0 saturated heterocycles. The van der Waals surface area contributed by atoms with E-state index in [9.17, 15) is 9.90 Å². The van der Waals surface area contributed by atoms with Crippen molar-refractivity contribution in [3.8, 4) is 11.5 Å². The molecule has 5 nitrogen and oxygen atoms in total. The monoisotopic (exact) mass is 317 g/mol. The van der Waals surface area contributed by atoms with Crippen molar-refractivity contribution in [1.82, 2.24) is 5.32 Å². The lowest BCUT2D eigenvalue weighted by molar-refractivity contribution is 0.0930. The van der Waals surface area contributed by atoms with E-state index in [-0.39, 0.29) is 23.4 Å². The number of amides is 1. The molecule has 0 bridgehead atoms. The average Bonchev–Trinajstić information content (AvgIpc) is 2.37. The molecule has 1 amide bonds. The number of methoxy groups -OCH3 is 1. The molecule has 0 aliphatic carbocycles. The number of carbonyl (C=O) groups is 1. The lowest BCUT2D eigenvalue weighted by Gasteiger charge is -2.15.